The van der Waals surface area contributed by atoms with E-state index in [2.05, 4.69) is 16.5 Å². The predicted octanol–water partition coefficient (Wildman–Crippen LogP) is 3.00. The molecule has 0 fully saturated rings. The zero-order valence-corrected chi connectivity index (χ0v) is 11.6. The van der Waals surface area contributed by atoms with Crippen LogP contribution in [-0.2, 0) is 0 Å². The number of hydrogen-bond donors (Lipinski definition) is 1. The van der Waals surface area contributed by atoms with Crippen LogP contribution < -0.4 is 0 Å². The van der Waals surface area contributed by atoms with Gasteiger partial charge < -0.3 is 5.11 Å². The third kappa shape index (κ3) is 6.31. The highest BCUT2D eigenvalue weighted by atomic mass is 16.3. The lowest BCUT2D eigenvalue weighted by Crippen LogP contribution is -2.32. The van der Waals surface area contributed by atoms with Crippen LogP contribution >= 0.6 is 0 Å². The van der Waals surface area contributed by atoms with Gasteiger partial charge in [-0.25, -0.2) is 0 Å². The zero-order valence-electron chi connectivity index (χ0n) is 11.6. The van der Waals surface area contributed by atoms with E-state index >= 15 is 0 Å². The average molecular weight is 252 g/mol. The molecule has 1 aliphatic rings. The monoisotopic (exact) mass is 252 g/mol. The second kappa shape index (κ2) is 10.3. The third-order valence-electron chi connectivity index (χ3n) is 3.52. The molecule has 18 heavy (non-hydrogen) atoms. The number of nitrogens with zero attached hydrogens (tertiary/aromatic N) is 2. The van der Waals surface area contributed by atoms with E-state index in [1.54, 1.807) is 0 Å². The summed E-state index contributed by atoms with van der Waals surface area (Å²) in [6.45, 7) is 5.64. The van der Waals surface area contributed by atoms with Gasteiger partial charge in [0.1, 0.15) is 6.17 Å². The minimum absolute atomic E-state index is 0.239. The van der Waals surface area contributed by atoms with E-state index in [-0.39, 0.29) is 6.61 Å². The fourth-order valence-electron chi connectivity index (χ4n) is 2.44. The first-order valence-electron chi connectivity index (χ1n) is 7.36. The number of aliphatic hydroxyl groups excluding tert-OH is 1. The molecule has 1 N–H and O–H groups in total. The summed E-state index contributed by atoms with van der Waals surface area (Å²) in [5, 5.41) is 8.95. The molecular weight excluding hydrogens is 224 g/mol. The van der Waals surface area contributed by atoms with Gasteiger partial charge in [-0.05, 0) is 25.7 Å². The summed E-state index contributed by atoms with van der Waals surface area (Å²) in [5.41, 5.74) is 0. The molecule has 3 heteroatoms. The summed E-state index contributed by atoms with van der Waals surface area (Å²) >= 11 is 0. The molecule has 1 aliphatic heterocycles. The lowest BCUT2D eigenvalue weighted by molar-refractivity contribution is 0.176. The summed E-state index contributed by atoms with van der Waals surface area (Å²) in [7, 11) is 0. The number of aliphatic imine (C=N–C) groups is 1. The Balaban J connectivity index is 1.94. The largest absolute Gasteiger partial charge is 0.395 e. The molecule has 0 aliphatic carbocycles. The van der Waals surface area contributed by atoms with Gasteiger partial charge in [0.15, 0.2) is 0 Å². The number of β-amino-alcohol motifs (C(OH)–C–C–N with tert-alkyl or cyclic N) is 1. The van der Waals surface area contributed by atoms with E-state index < -0.39 is 0 Å². The molecule has 0 aromatic rings. The third-order valence-corrected chi connectivity index (χ3v) is 3.52. The van der Waals surface area contributed by atoms with Crippen LogP contribution in [0.3, 0.4) is 0 Å². The molecular formula is C15H28N2O. The summed E-state index contributed by atoms with van der Waals surface area (Å²) in [6.07, 6.45) is 14.5. The second-order valence-electron chi connectivity index (χ2n) is 5.02. The molecule has 0 amide bonds. The van der Waals surface area contributed by atoms with E-state index in [4.69, 9.17) is 5.11 Å². The summed E-state index contributed by atoms with van der Waals surface area (Å²) in [6, 6.07) is 0. The SMILES string of the molecule is C=CCCCCCCCCC1N=CCN1CCO. The Morgan fingerprint density at radius 1 is 1.22 bits per heavy atom. The average Bonchev–Trinajstić information content (AvgIpc) is 2.81. The van der Waals surface area contributed by atoms with Crippen LogP contribution in [0.15, 0.2) is 17.6 Å². The van der Waals surface area contributed by atoms with Crippen LogP contribution in [0.5, 0.6) is 0 Å². The van der Waals surface area contributed by atoms with E-state index in [1.165, 1.54) is 38.5 Å². The van der Waals surface area contributed by atoms with Gasteiger partial charge >= 0.3 is 0 Å². The Labute approximate surface area is 112 Å². The number of hydrogen-bond acceptors (Lipinski definition) is 3. The van der Waals surface area contributed by atoms with Crippen molar-refractivity contribution in [1.82, 2.24) is 4.90 Å². The molecule has 0 aromatic heterocycles. The number of aliphatic hydroxyl groups is 1. The molecule has 1 unspecified atom stereocenters. The number of allylic oxidation sites excluding steroid dienone is 1. The molecule has 0 saturated carbocycles. The molecule has 1 rings (SSSR count). The van der Waals surface area contributed by atoms with Gasteiger partial charge in [0.2, 0.25) is 0 Å². The van der Waals surface area contributed by atoms with Crippen molar-refractivity contribution in [2.45, 2.75) is 57.5 Å². The first-order chi connectivity index (χ1) is 8.88. The fraction of sp³-hybridized carbons (Fsp3) is 0.800. The molecule has 0 spiro atoms. The molecule has 0 saturated heterocycles. The lowest BCUT2D eigenvalue weighted by Gasteiger charge is -2.21. The molecule has 0 radical (unpaired) electrons. The maximum Gasteiger partial charge on any atom is 0.102 e. The highest BCUT2D eigenvalue weighted by Crippen LogP contribution is 2.15. The Morgan fingerprint density at radius 2 is 1.94 bits per heavy atom. The quantitative estimate of drug-likeness (QED) is 0.453. The van der Waals surface area contributed by atoms with Gasteiger partial charge in [0.25, 0.3) is 0 Å². The number of unbranched alkanes of at least 4 members (excludes halogenated alkanes) is 6. The minimum atomic E-state index is 0.239. The smallest absolute Gasteiger partial charge is 0.102 e. The molecule has 0 aromatic carbocycles. The van der Waals surface area contributed by atoms with Crippen molar-refractivity contribution in [2.24, 2.45) is 4.99 Å². The first-order valence-corrected chi connectivity index (χ1v) is 7.36. The van der Waals surface area contributed by atoms with Gasteiger partial charge in [-0.3, -0.25) is 9.89 Å². The highest BCUT2D eigenvalue weighted by molar-refractivity contribution is 5.62. The van der Waals surface area contributed by atoms with Gasteiger partial charge in [0, 0.05) is 19.3 Å². The van der Waals surface area contributed by atoms with Crippen molar-refractivity contribution < 1.29 is 5.11 Å². The summed E-state index contributed by atoms with van der Waals surface area (Å²) in [4.78, 5) is 6.73. The standard InChI is InChI=1S/C15H28N2O/c1-2-3-4-5-6-7-8-9-10-15-16-11-12-17(15)13-14-18/h2,11,15,18H,1,3-10,12-14H2. The van der Waals surface area contributed by atoms with Gasteiger partial charge in [-0.15, -0.1) is 6.58 Å². The predicted molar refractivity (Wildman–Crippen MR) is 78.1 cm³/mol. The zero-order chi connectivity index (χ0) is 13.1. The van der Waals surface area contributed by atoms with Crippen molar-refractivity contribution in [2.75, 3.05) is 19.7 Å². The Kier molecular flexibility index (Phi) is 8.78. The lowest BCUT2D eigenvalue weighted by atomic mass is 10.1. The van der Waals surface area contributed by atoms with E-state index in [0.717, 1.165) is 25.9 Å². The van der Waals surface area contributed by atoms with Crippen LogP contribution in [0.4, 0.5) is 0 Å². The topological polar surface area (TPSA) is 35.8 Å². The van der Waals surface area contributed by atoms with E-state index in [0.29, 0.717) is 6.17 Å². The summed E-state index contributed by atoms with van der Waals surface area (Å²) in [5.74, 6) is 0. The maximum atomic E-state index is 8.95. The van der Waals surface area contributed by atoms with Crippen molar-refractivity contribution in [3.8, 4) is 0 Å². The second-order valence-corrected chi connectivity index (χ2v) is 5.02. The fourth-order valence-corrected chi connectivity index (χ4v) is 2.44. The van der Waals surface area contributed by atoms with Crippen LogP contribution in [0.2, 0.25) is 0 Å². The van der Waals surface area contributed by atoms with E-state index in [9.17, 15) is 0 Å². The first kappa shape index (κ1) is 15.4. The molecule has 3 nitrogen and oxygen atoms in total. The van der Waals surface area contributed by atoms with Gasteiger partial charge in [0.05, 0.1) is 6.61 Å². The Hall–Kier alpha value is -0.670. The Morgan fingerprint density at radius 3 is 2.67 bits per heavy atom. The van der Waals surface area contributed by atoms with Crippen molar-refractivity contribution >= 4 is 6.21 Å². The van der Waals surface area contributed by atoms with Gasteiger partial charge in [-0.1, -0.05) is 31.8 Å². The summed E-state index contributed by atoms with van der Waals surface area (Å²) < 4.78 is 0. The van der Waals surface area contributed by atoms with E-state index in [1.807, 2.05) is 12.3 Å². The Bertz CT molecular complexity index is 241. The molecule has 0 bridgehead atoms. The van der Waals surface area contributed by atoms with Gasteiger partial charge in [-0.2, -0.15) is 0 Å². The van der Waals surface area contributed by atoms with Crippen LogP contribution in [0, 0.1) is 0 Å². The van der Waals surface area contributed by atoms with Crippen LogP contribution in [-0.4, -0.2) is 42.1 Å². The highest BCUT2D eigenvalue weighted by Gasteiger charge is 2.19. The van der Waals surface area contributed by atoms with Crippen molar-refractivity contribution in [3.63, 3.8) is 0 Å². The molecule has 104 valence electrons. The minimum Gasteiger partial charge on any atom is -0.395 e. The van der Waals surface area contributed by atoms with Crippen LogP contribution in [0.25, 0.3) is 0 Å². The molecule has 1 atom stereocenters. The number of rotatable bonds is 11. The van der Waals surface area contributed by atoms with Crippen LogP contribution in [0.1, 0.15) is 51.4 Å². The normalized spacial score (nSPS) is 19.5. The van der Waals surface area contributed by atoms with Crippen molar-refractivity contribution in [3.05, 3.63) is 12.7 Å². The molecule has 1 heterocycles. The maximum absolute atomic E-state index is 8.95. The van der Waals surface area contributed by atoms with Crippen molar-refractivity contribution in [1.29, 1.82) is 0 Å².